The largest absolute Gasteiger partial charge is 0.322 e. The number of nitrogens with two attached hydrogens (primary N) is 1. The molecule has 126 valence electrons. The first-order valence-electron chi connectivity index (χ1n) is 7.24. The maximum atomic E-state index is 12.8. The van der Waals surface area contributed by atoms with Crippen LogP contribution in [0.2, 0.25) is 0 Å². The molecule has 3 rings (SSSR count). The van der Waals surface area contributed by atoms with Gasteiger partial charge in [-0.25, -0.2) is 0 Å². The van der Waals surface area contributed by atoms with Crippen LogP contribution in [-0.2, 0) is 5.54 Å². The van der Waals surface area contributed by atoms with Gasteiger partial charge in [0.15, 0.2) is 5.78 Å². The first kappa shape index (κ1) is 20.1. The van der Waals surface area contributed by atoms with E-state index in [9.17, 15) is 4.79 Å². The van der Waals surface area contributed by atoms with E-state index >= 15 is 0 Å². The maximum Gasteiger partial charge on any atom is 0.193 e. The normalized spacial score (nSPS) is 10.6. The van der Waals surface area contributed by atoms with E-state index in [1.807, 2.05) is 62.4 Å². The Balaban J connectivity index is 0.00000144. The summed E-state index contributed by atoms with van der Waals surface area (Å²) in [6, 6.07) is 15.1. The fourth-order valence-electron chi connectivity index (χ4n) is 2.53. The summed E-state index contributed by atoms with van der Waals surface area (Å²) < 4.78 is 0. The lowest BCUT2D eigenvalue weighted by molar-refractivity contribution is 0.104. The molecule has 24 heavy (non-hydrogen) atoms. The molecule has 1 heterocycles. The lowest BCUT2D eigenvalue weighted by atomic mass is 9.92. The van der Waals surface area contributed by atoms with Gasteiger partial charge in [-0.15, -0.1) is 24.8 Å². The molecule has 0 atom stereocenters. The molecular formula is C19H20Cl2N2O. The lowest BCUT2D eigenvalue weighted by Crippen LogP contribution is -2.28. The van der Waals surface area contributed by atoms with Crippen LogP contribution in [0.15, 0.2) is 60.9 Å². The Morgan fingerprint density at radius 3 is 2.29 bits per heavy atom. The van der Waals surface area contributed by atoms with Gasteiger partial charge in [0, 0.05) is 34.4 Å². The van der Waals surface area contributed by atoms with Crippen molar-refractivity contribution in [3.63, 3.8) is 0 Å². The summed E-state index contributed by atoms with van der Waals surface area (Å²) in [5.74, 6) is 0.0122. The number of carbonyl (C=O) groups excluding carboxylic acids is 1. The highest BCUT2D eigenvalue weighted by atomic mass is 35.5. The molecular weight excluding hydrogens is 343 g/mol. The van der Waals surface area contributed by atoms with E-state index < -0.39 is 5.54 Å². The van der Waals surface area contributed by atoms with Crippen LogP contribution >= 0.6 is 24.8 Å². The Morgan fingerprint density at radius 2 is 1.67 bits per heavy atom. The highest BCUT2D eigenvalue weighted by molar-refractivity contribution is 6.16. The van der Waals surface area contributed by atoms with E-state index in [0.717, 1.165) is 16.3 Å². The number of halogens is 2. The molecule has 2 aromatic carbocycles. The zero-order chi connectivity index (χ0) is 15.7. The van der Waals surface area contributed by atoms with Gasteiger partial charge >= 0.3 is 0 Å². The monoisotopic (exact) mass is 362 g/mol. The average molecular weight is 363 g/mol. The van der Waals surface area contributed by atoms with Crippen LogP contribution in [0.25, 0.3) is 10.8 Å². The van der Waals surface area contributed by atoms with Gasteiger partial charge in [-0.1, -0.05) is 42.5 Å². The smallest absolute Gasteiger partial charge is 0.193 e. The Kier molecular flexibility index (Phi) is 6.50. The molecule has 0 aliphatic heterocycles. The topological polar surface area (TPSA) is 56.0 Å². The number of carbonyl (C=O) groups is 1. The quantitative estimate of drug-likeness (QED) is 0.697. The second-order valence-electron chi connectivity index (χ2n) is 6.03. The molecule has 0 aliphatic carbocycles. The molecule has 0 aliphatic rings. The summed E-state index contributed by atoms with van der Waals surface area (Å²) in [6.07, 6.45) is 3.48. The van der Waals surface area contributed by atoms with Crippen molar-refractivity contribution in [1.82, 2.24) is 4.98 Å². The number of aromatic nitrogens is 1. The summed E-state index contributed by atoms with van der Waals surface area (Å²) in [5, 5.41) is 1.89. The third-order valence-electron chi connectivity index (χ3n) is 3.82. The molecule has 0 fully saturated rings. The maximum absolute atomic E-state index is 12.8. The zero-order valence-corrected chi connectivity index (χ0v) is 15.2. The molecule has 0 amide bonds. The first-order chi connectivity index (χ1) is 10.5. The molecule has 0 radical (unpaired) electrons. The number of ketones is 1. The molecule has 5 heteroatoms. The number of benzene rings is 2. The summed E-state index contributed by atoms with van der Waals surface area (Å²) in [5.41, 5.74) is 8.03. The van der Waals surface area contributed by atoms with Gasteiger partial charge in [-0.3, -0.25) is 9.78 Å². The molecule has 2 N–H and O–H groups in total. The lowest BCUT2D eigenvalue weighted by Gasteiger charge is -2.19. The predicted octanol–water partition coefficient (Wildman–Crippen LogP) is 4.50. The van der Waals surface area contributed by atoms with Gasteiger partial charge in [0.25, 0.3) is 0 Å². The van der Waals surface area contributed by atoms with Crippen molar-refractivity contribution >= 4 is 41.4 Å². The highest BCUT2D eigenvalue weighted by Gasteiger charge is 2.16. The highest BCUT2D eigenvalue weighted by Crippen LogP contribution is 2.22. The van der Waals surface area contributed by atoms with Crippen LogP contribution in [0, 0.1) is 0 Å². The summed E-state index contributed by atoms with van der Waals surface area (Å²) in [4.78, 5) is 16.9. The van der Waals surface area contributed by atoms with E-state index in [-0.39, 0.29) is 30.6 Å². The van der Waals surface area contributed by atoms with E-state index in [4.69, 9.17) is 5.73 Å². The van der Waals surface area contributed by atoms with Gasteiger partial charge in [-0.2, -0.15) is 0 Å². The number of nitrogens with zero attached hydrogens (tertiary/aromatic N) is 1. The van der Waals surface area contributed by atoms with Crippen molar-refractivity contribution in [2.45, 2.75) is 19.4 Å². The molecule has 0 saturated carbocycles. The van der Waals surface area contributed by atoms with Crippen LogP contribution in [0.3, 0.4) is 0 Å². The van der Waals surface area contributed by atoms with Crippen LogP contribution < -0.4 is 5.73 Å². The van der Waals surface area contributed by atoms with Crippen LogP contribution in [-0.4, -0.2) is 10.8 Å². The van der Waals surface area contributed by atoms with E-state index in [1.54, 1.807) is 12.4 Å². The van der Waals surface area contributed by atoms with Crippen LogP contribution in [0.1, 0.15) is 35.3 Å². The molecule has 1 aromatic heterocycles. The Labute approximate surface area is 154 Å². The number of hydrogen-bond donors (Lipinski definition) is 1. The molecule has 3 nitrogen and oxygen atoms in total. The third kappa shape index (κ3) is 3.93. The molecule has 0 unspecified atom stereocenters. The van der Waals surface area contributed by atoms with Crippen LogP contribution in [0.5, 0.6) is 0 Å². The Morgan fingerprint density at radius 1 is 1.00 bits per heavy atom. The second kappa shape index (κ2) is 7.75. The molecule has 3 aromatic rings. The number of fused-ring (bicyclic) bond motifs is 1. The zero-order valence-electron chi connectivity index (χ0n) is 13.5. The van der Waals surface area contributed by atoms with Gasteiger partial charge in [0.2, 0.25) is 0 Å². The van der Waals surface area contributed by atoms with Crippen molar-refractivity contribution in [3.05, 3.63) is 77.6 Å². The number of hydrogen-bond acceptors (Lipinski definition) is 3. The molecule has 0 bridgehead atoms. The van der Waals surface area contributed by atoms with Gasteiger partial charge in [-0.05, 0) is 30.9 Å². The van der Waals surface area contributed by atoms with Gasteiger partial charge in [0.1, 0.15) is 0 Å². The Hall–Kier alpha value is -1.94. The summed E-state index contributed by atoms with van der Waals surface area (Å²) in [6.45, 7) is 3.89. The Bertz CT molecular complexity index is 835. The van der Waals surface area contributed by atoms with Crippen molar-refractivity contribution < 1.29 is 4.79 Å². The van der Waals surface area contributed by atoms with Crippen molar-refractivity contribution in [1.29, 1.82) is 0 Å². The minimum Gasteiger partial charge on any atom is -0.322 e. The third-order valence-corrected chi connectivity index (χ3v) is 3.82. The van der Waals surface area contributed by atoms with E-state index in [2.05, 4.69) is 4.98 Å². The number of pyridine rings is 1. The molecule has 0 saturated heterocycles. The van der Waals surface area contributed by atoms with Gasteiger partial charge < -0.3 is 5.73 Å². The van der Waals surface area contributed by atoms with Crippen LogP contribution in [0.4, 0.5) is 0 Å². The predicted molar refractivity (Wildman–Crippen MR) is 103 cm³/mol. The van der Waals surface area contributed by atoms with Crippen molar-refractivity contribution in [3.8, 4) is 0 Å². The minimum absolute atomic E-state index is 0. The molecule has 0 spiro atoms. The average Bonchev–Trinajstić information content (AvgIpc) is 2.53. The standard InChI is InChI=1S/C19H18N2O.2ClH/c1-19(2,20)15-8-6-13(7-9-15)18(22)17-5-3-4-14-12-21-11-10-16(14)17;;/h3-12H,20H2,1-2H3;2*1H. The minimum atomic E-state index is -0.410. The summed E-state index contributed by atoms with van der Waals surface area (Å²) in [7, 11) is 0. The van der Waals surface area contributed by atoms with Crippen molar-refractivity contribution in [2.24, 2.45) is 5.73 Å². The fraction of sp³-hybridized carbons (Fsp3) is 0.158. The van der Waals surface area contributed by atoms with E-state index in [0.29, 0.717) is 11.1 Å². The summed E-state index contributed by atoms with van der Waals surface area (Å²) >= 11 is 0. The van der Waals surface area contributed by atoms with Crippen molar-refractivity contribution in [2.75, 3.05) is 0 Å². The fourth-order valence-corrected chi connectivity index (χ4v) is 2.53. The second-order valence-corrected chi connectivity index (χ2v) is 6.03. The number of rotatable bonds is 3. The SMILES string of the molecule is CC(C)(N)c1ccc(C(=O)c2cccc3cnccc23)cc1.Cl.Cl. The van der Waals surface area contributed by atoms with Gasteiger partial charge in [0.05, 0.1) is 0 Å². The first-order valence-corrected chi connectivity index (χ1v) is 7.24. The van der Waals surface area contributed by atoms with E-state index in [1.165, 1.54) is 0 Å².